The Hall–Kier alpha value is -1.49. The first-order valence-corrected chi connectivity index (χ1v) is 7.01. The van der Waals surface area contributed by atoms with Gasteiger partial charge in [0.25, 0.3) is 5.91 Å². The van der Waals surface area contributed by atoms with Crippen LogP contribution in [-0.4, -0.2) is 30.5 Å². The summed E-state index contributed by atoms with van der Waals surface area (Å²) in [5, 5.41) is 8.82. The Morgan fingerprint density at radius 2 is 2.11 bits per heavy atom. The smallest absolute Gasteiger partial charge is 0.260 e. The number of carbonyl (C=O) groups is 1. The van der Waals surface area contributed by atoms with Gasteiger partial charge in [-0.15, -0.1) is 0 Å². The predicted molar refractivity (Wildman–Crippen MR) is 81.7 cm³/mol. The van der Waals surface area contributed by atoms with Gasteiger partial charge in [-0.2, -0.15) is 5.26 Å². The molecule has 0 bridgehead atoms. The van der Waals surface area contributed by atoms with Gasteiger partial charge in [0.05, 0.1) is 20.9 Å². The van der Waals surface area contributed by atoms with Crippen molar-refractivity contribution >= 4 is 34.2 Å². The maximum atomic E-state index is 11.8. The highest BCUT2D eigenvalue weighted by Crippen LogP contribution is 2.29. The minimum atomic E-state index is -0.0791. The summed E-state index contributed by atoms with van der Waals surface area (Å²) in [6.07, 6.45) is 0. The van der Waals surface area contributed by atoms with Gasteiger partial charge in [-0.25, -0.2) is 0 Å². The molecule has 1 amide bonds. The number of nitriles is 1. The van der Waals surface area contributed by atoms with E-state index in [0.29, 0.717) is 30.1 Å². The van der Waals surface area contributed by atoms with Gasteiger partial charge in [0.15, 0.2) is 12.4 Å². The van der Waals surface area contributed by atoms with E-state index in [0.717, 1.165) is 3.57 Å². The molecule has 0 saturated carbocycles. The lowest BCUT2D eigenvalue weighted by atomic mass is 10.2. The average Bonchev–Trinajstić information content (AvgIpc) is 2.38. The maximum absolute atomic E-state index is 11.8. The van der Waals surface area contributed by atoms with Crippen LogP contribution >= 0.6 is 22.6 Å². The van der Waals surface area contributed by atoms with Crippen molar-refractivity contribution in [2.75, 3.05) is 25.4 Å². The van der Waals surface area contributed by atoms with Gasteiger partial charge in [-0.1, -0.05) is 0 Å². The van der Waals surface area contributed by atoms with Gasteiger partial charge < -0.3 is 15.4 Å². The van der Waals surface area contributed by atoms with E-state index in [-0.39, 0.29) is 12.5 Å². The summed E-state index contributed by atoms with van der Waals surface area (Å²) < 4.78 is 6.20. The molecule has 1 aromatic carbocycles. The van der Waals surface area contributed by atoms with Crippen LogP contribution in [0.2, 0.25) is 0 Å². The number of hydrogen-bond acceptors (Lipinski definition) is 4. The number of amides is 1. The van der Waals surface area contributed by atoms with Crippen LogP contribution in [0.25, 0.3) is 0 Å². The van der Waals surface area contributed by atoms with E-state index < -0.39 is 0 Å². The summed E-state index contributed by atoms with van der Waals surface area (Å²) >= 11 is 2.04. The van der Waals surface area contributed by atoms with Crippen molar-refractivity contribution in [1.29, 1.82) is 5.26 Å². The minimum Gasteiger partial charge on any atom is -0.480 e. The third kappa shape index (κ3) is 3.99. The second kappa shape index (κ2) is 7.19. The molecule has 0 spiro atoms. The zero-order valence-electron chi connectivity index (χ0n) is 10.9. The lowest BCUT2D eigenvalue weighted by Crippen LogP contribution is -2.34. The molecule has 102 valence electrons. The quantitative estimate of drug-likeness (QED) is 0.633. The molecule has 0 aliphatic rings. The van der Waals surface area contributed by atoms with Crippen LogP contribution in [0.15, 0.2) is 12.1 Å². The van der Waals surface area contributed by atoms with E-state index in [1.54, 1.807) is 17.0 Å². The molecule has 19 heavy (non-hydrogen) atoms. The Balaban J connectivity index is 2.79. The van der Waals surface area contributed by atoms with E-state index in [9.17, 15) is 4.79 Å². The number of anilines is 1. The number of rotatable bonds is 5. The zero-order valence-corrected chi connectivity index (χ0v) is 13.1. The van der Waals surface area contributed by atoms with Gasteiger partial charge in [0.1, 0.15) is 0 Å². The van der Waals surface area contributed by atoms with Crippen LogP contribution in [0.4, 0.5) is 5.69 Å². The fraction of sp³-hybridized carbons (Fsp3) is 0.385. The number of nitrogens with two attached hydrogens (primary N) is 1. The highest BCUT2D eigenvalue weighted by molar-refractivity contribution is 14.1. The molecule has 5 nitrogen and oxygen atoms in total. The number of nitrogen functional groups attached to an aromatic ring is 1. The van der Waals surface area contributed by atoms with Gasteiger partial charge in [0, 0.05) is 13.1 Å². The van der Waals surface area contributed by atoms with Crippen molar-refractivity contribution in [3.8, 4) is 11.8 Å². The van der Waals surface area contributed by atoms with E-state index in [1.165, 1.54) is 0 Å². The standard InChI is InChI=1S/C13H16IN3O2/c1-3-17(4-2)12(18)8-19-13-10(14)5-9(7-15)6-11(13)16/h5-6H,3-4,8,16H2,1-2H3. The molecule has 6 heteroatoms. The van der Waals surface area contributed by atoms with E-state index in [4.69, 9.17) is 15.7 Å². The van der Waals surface area contributed by atoms with Crippen LogP contribution in [0.5, 0.6) is 5.75 Å². The summed E-state index contributed by atoms with van der Waals surface area (Å²) in [6, 6.07) is 5.24. The first-order valence-electron chi connectivity index (χ1n) is 5.93. The van der Waals surface area contributed by atoms with Crippen LogP contribution in [0.3, 0.4) is 0 Å². The van der Waals surface area contributed by atoms with Gasteiger partial charge in [-0.05, 0) is 48.6 Å². The SMILES string of the molecule is CCN(CC)C(=O)COc1c(N)cc(C#N)cc1I. The number of hydrogen-bond donors (Lipinski definition) is 1. The number of likely N-dealkylation sites (N-methyl/N-ethyl adjacent to an activating group) is 1. The highest BCUT2D eigenvalue weighted by atomic mass is 127. The third-order valence-corrected chi connectivity index (χ3v) is 3.46. The van der Waals surface area contributed by atoms with E-state index >= 15 is 0 Å². The van der Waals surface area contributed by atoms with Crippen molar-refractivity contribution in [2.24, 2.45) is 0 Å². The van der Waals surface area contributed by atoms with Gasteiger partial charge >= 0.3 is 0 Å². The third-order valence-electron chi connectivity index (χ3n) is 2.66. The molecule has 0 heterocycles. The second-order valence-corrected chi connectivity index (χ2v) is 5.01. The fourth-order valence-corrected chi connectivity index (χ4v) is 2.44. The number of nitrogens with zero attached hydrogens (tertiary/aromatic N) is 2. The Morgan fingerprint density at radius 1 is 1.47 bits per heavy atom. The van der Waals surface area contributed by atoms with Gasteiger partial charge in [0.2, 0.25) is 0 Å². The predicted octanol–water partition coefficient (Wildman–Crippen LogP) is 1.99. The molecule has 0 unspecified atom stereocenters. The normalized spacial score (nSPS) is 9.79. The Kier molecular flexibility index (Phi) is 5.89. The number of ether oxygens (including phenoxy) is 1. The molecular weight excluding hydrogens is 357 g/mol. The van der Waals surface area contributed by atoms with Crippen molar-refractivity contribution in [2.45, 2.75) is 13.8 Å². The van der Waals surface area contributed by atoms with Gasteiger partial charge in [-0.3, -0.25) is 4.79 Å². The molecule has 1 rings (SSSR count). The minimum absolute atomic E-state index is 0.0478. The van der Waals surface area contributed by atoms with Crippen molar-refractivity contribution in [3.63, 3.8) is 0 Å². The van der Waals surface area contributed by atoms with Crippen molar-refractivity contribution in [1.82, 2.24) is 4.90 Å². The molecule has 0 saturated heterocycles. The lowest BCUT2D eigenvalue weighted by molar-refractivity contribution is -0.132. The molecule has 0 aromatic heterocycles. The summed E-state index contributed by atoms with van der Waals surface area (Å²) in [6.45, 7) is 5.09. The maximum Gasteiger partial charge on any atom is 0.260 e. The topological polar surface area (TPSA) is 79.3 Å². The highest BCUT2D eigenvalue weighted by Gasteiger charge is 2.13. The van der Waals surface area contributed by atoms with Crippen LogP contribution in [0.1, 0.15) is 19.4 Å². The summed E-state index contributed by atoms with van der Waals surface area (Å²) in [5.74, 6) is 0.379. The first-order chi connectivity index (χ1) is 9.03. The Morgan fingerprint density at radius 3 is 2.58 bits per heavy atom. The lowest BCUT2D eigenvalue weighted by Gasteiger charge is -2.19. The molecule has 0 radical (unpaired) electrons. The van der Waals surface area contributed by atoms with Crippen LogP contribution in [-0.2, 0) is 4.79 Å². The van der Waals surface area contributed by atoms with Crippen molar-refractivity contribution in [3.05, 3.63) is 21.3 Å². The second-order valence-electron chi connectivity index (χ2n) is 3.84. The molecule has 0 atom stereocenters. The number of halogens is 1. The molecule has 2 N–H and O–H groups in total. The Labute approximate surface area is 126 Å². The van der Waals surface area contributed by atoms with E-state index in [1.807, 2.05) is 42.5 Å². The number of carbonyl (C=O) groups excluding carboxylic acids is 1. The first kappa shape index (κ1) is 15.6. The largest absolute Gasteiger partial charge is 0.480 e. The van der Waals surface area contributed by atoms with Crippen molar-refractivity contribution < 1.29 is 9.53 Å². The summed E-state index contributed by atoms with van der Waals surface area (Å²) in [7, 11) is 0. The number of benzene rings is 1. The summed E-state index contributed by atoms with van der Waals surface area (Å²) in [4.78, 5) is 13.5. The molecular formula is C13H16IN3O2. The molecule has 0 fully saturated rings. The fourth-order valence-electron chi connectivity index (χ4n) is 1.63. The monoisotopic (exact) mass is 373 g/mol. The zero-order chi connectivity index (χ0) is 14.4. The van der Waals surface area contributed by atoms with Crippen LogP contribution < -0.4 is 10.5 Å². The van der Waals surface area contributed by atoms with Crippen LogP contribution in [0, 0.1) is 14.9 Å². The molecule has 1 aromatic rings. The molecule has 0 aliphatic heterocycles. The average molecular weight is 373 g/mol. The summed E-state index contributed by atoms with van der Waals surface area (Å²) in [5.41, 5.74) is 6.67. The molecule has 0 aliphatic carbocycles. The van der Waals surface area contributed by atoms with E-state index in [2.05, 4.69) is 0 Å². The Bertz CT molecular complexity index is 484.